The lowest BCUT2D eigenvalue weighted by Crippen LogP contribution is -1.84. The van der Waals surface area contributed by atoms with Crippen molar-refractivity contribution in [1.29, 1.82) is 0 Å². The maximum atomic E-state index is 3.22. The van der Waals surface area contributed by atoms with E-state index in [2.05, 4.69) is 61.5 Å². The largest absolute Gasteiger partial charge is 0.0616 e. The predicted molar refractivity (Wildman–Crippen MR) is 69.7 cm³/mol. The van der Waals surface area contributed by atoms with Crippen molar-refractivity contribution in [2.24, 2.45) is 0 Å². The first-order valence-corrected chi connectivity index (χ1v) is 5.70. The molecule has 3 rings (SSSR count). The molecule has 77 valence electrons. The molecule has 0 aliphatic heterocycles. The Hall–Kier alpha value is -1.82. The molecule has 0 aromatic heterocycles. The van der Waals surface area contributed by atoms with Crippen molar-refractivity contribution in [3.63, 3.8) is 0 Å². The van der Waals surface area contributed by atoms with Gasteiger partial charge in [0.05, 0.1) is 0 Å². The SMILES string of the molecule is CCc1c[c]cc2cc3ccccc3cc12. The van der Waals surface area contributed by atoms with Crippen molar-refractivity contribution in [2.45, 2.75) is 13.3 Å². The van der Waals surface area contributed by atoms with E-state index in [4.69, 9.17) is 0 Å². The Morgan fingerprint density at radius 2 is 1.69 bits per heavy atom. The van der Waals surface area contributed by atoms with E-state index in [9.17, 15) is 0 Å². The van der Waals surface area contributed by atoms with Crippen LogP contribution in [0.4, 0.5) is 0 Å². The van der Waals surface area contributed by atoms with Crippen LogP contribution in [0, 0.1) is 6.07 Å². The van der Waals surface area contributed by atoms with Crippen LogP contribution in [0.25, 0.3) is 21.5 Å². The van der Waals surface area contributed by atoms with Crippen LogP contribution >= 0.6 is 0 Å². The van der Waals surface area contributed by atoms with Gasteiger partial charge in [-0.25, -0.2) is 0 Å². The molecule has 0 atom stereocenters. The minimum absolute atomic E-state index is 1.06. The summed E-state index contributed by atoms with van der Waals surface area (Å²) in [5.74, 6) is 0. The lowest BCUT2D eigenvalue weighted by Gasteiger charge is -2.06. The van der Waals surface area contributed by atoms with E-state index >= 15 is 0 Å². The van der Waals surface area contributed by atoms with Crippen molar-refractivity contribution >= 4 is 21.5 Å². The first-order valence-electron chi connectivity index (χ1n) is 5.70. The van der Waals surface area contributed by atoms with Crippen LogP contribution in [0.1, 0.15) is 12.5 Å². The molecular weight excluding hydrogens is 192 g/mol. The molecule has 0 spiro atoms. The minimum atomic E-state index is 1.06. The van der Waals surface area contributed by atoms with Gasteiger partial charge in [0.25, 0.3) is 0 Å². The summed E-state index contributed by atoms with van der Waals surface area (Å²) in [7, 11) is 0. The molecule has 3 aromatic rings. The topological polar surface area (TPSA) is 0 Å². The van der Waals surface area contributed by atoms with Gasteiger partial charge in [-0.15, -0.1) is 0 Å². The molecular formula is C16H13. The smallest absolute Gasteiger partial charge is 0.0145 e. The van der Waals surface area contributed by atoms with Gasteiger partial charge in [-0.2, -0.15) is 0 Å². The Morgan fingerprint density at radius 1 is 0.938 bits per heavy atom. The standard InChI is InChI=1S/C16H13/c1-2-12-8-5-9-15-10-13-6-3-4-7-14(13)11-16(12)15/h3-4,6-11H,2H2,1H3. The van der Waals surface area contributed by atoms with Gasteiger partial charge in [0.1, 0.15) is 0 Å². The van der Waals surface area contributed by atoms with E-state index in [1.807, 2.05) is 0 Å². The lowest BCUT2D eigenvalue weighted by atomic mass is 9.99. The maximum absolute atomic E-state index is 3.22. The Kier molecular flexibility index (Phi) is 2.14. The van der Waals surface area contributed by atoms with Gasteiger partial charge in [0.15, 0.2) is 0 Å². The van der Waals surface area contributed by atoms with E-state index < -0.39 is 0 Å². The quantitative estimate of drug-likeness (QED) is 0.518. The Bertz CT molecular complexity index is 650. The van der Waals surface area contributed by atoms with Crippen LogP contribution < -0.4 is 0 Å². The summed E-state index contributed by atoms with van der Waals surface area (Å²) in [6, 6.07) is 20.4. The number of rotatable bonds is 1. The van der Waals surface area contributed by atoms with E-state index in [0.29, 0.717) is 0 Å². The van der Waals surface area contributed by atoms with Crippen LogP contribution in [0.15, 0.2) is 48.5 Å². The molecule has 16 heavy (non-hydrogen) atoms. The van der Waals surface area contributed by atoms with Crippen LogP contribution in [-0.2, 0) is 6.42 Å². The molecule has 0 heterocycles. The number of hydrogen-bond acceptors (Lipinski definition) is 0. The van der Waals surface area contributed by atoms with Crippen molar-refractivity contribution in [1.82, 2.24) is 0 Å². The van der Waals surface area contributed by atoms with Crippen LogP contribution in [0.2, 0.25) is 0 Å². The minimum Gasteiger partial charge on any atom is -0.0616 e. The fourth-order valence-corrected chi connectivity index (χ4v) is 2.26. The second-order valence-electron chi connectivity index (χ2n) is 4.12. The third-order valence-corrected chi connectivity index (χ3v) is 3.14. The molecule has 3 aromatic carbocycles. The first kappa shape index (κ1) is 9.41. The normalized spacial score (nSPS) is 11.1. The molecule has 0 saturated heterocycles. The summed E-state index contributed by atoms with van der Waals surface area (Å²) < 4.78 is 0. The number of aryl methyl sites for hydroxylation is 1. The predicted octanol–water partition coefficient (Wildman–Crippen LogP) is 4.36. The van der Waals surface area contributed by atoms with Crippen LogP contribution in [-0.4, -0.2) is 0 Å². The van der Waals surface area contributed by atoms with E-state index in [1.54, 1.807) is 0 Å². The molecule has 0 nitrogen and oxygen atoms in total. The number of fused-ring (bicyclic) bond motifs is 2. The van der Waals surface area contributed by atoms with Gasteiger partial charge in [-0.1, -0.05) is 37.3 Å². The monoisotopic (exact) mass is 205 g/mol. The Morgan fingerprint density at radius 3 is 2.44 bits per heavy atom. The summed E-state index contributed by atoms with van der Waals surface area (Å²) in [5.41, 5.74) is 1.38. The fraction of sp³-hybridized carbons (Fsp3) is 0.125. The van der Waals surface area contributed by atoms with Gasteiger partial charge in [-0.3, -0.25) is 0 Å². The fourth-order valence-electron chi connectivity index (χ4n) is 2.26. The zero-order valence-corrected chi connectivity index (χ0v) is 9.33. The van der Waals surface area contributed by atoms with E-state index in [0.717, 1.165) is 6.42 Å². The molecule has 0 bridgehead atoms. The second kappa shape index (κ2) is 3.64. The Balaban J connectivity index is 2.46. The second-order valence-corrected chi connectivity index (χ2v) is 4.12. The number of hydrogen-bond donors (Lipinski definition) is 0. The summed E-state index contributed by atoms with van der Waals surface area (Å²) in [5, 5.41) is 5.27. The highest BCUT2D eigenvalue weighted by molar-refractivity contribution is 5.99. The van der Waals surface area contributed by atoms with Gasteiger partial charge in [0.2, 0.25) is 0 Å². The average Bonchev–Trinajstić information content (AvgIpc) is 2.35. The van der Waals surface area contributed by atoms with Crippen LogP contribution in [0.5, 0.6) is 0 Å². The van der Waals surface area contributed by atoms with E-state index in [-0.39, 0.29) is 0 Å². The highest BCUT2D eigenvalue weighted by Gasteiger charge is 2.01. The van der Waals surface area contributed by atoms with Crippen molar-refractivity contribution < 1.29 is 0 Å². The third-order valence-electron chi connectivity index (χ3n) is 3.14. The lowest BCUT2D eigenvalue weighted by molar-refractivity contribution is 1.16. The average molecular weight is 205 g/mol. The molecule has 0 fully saturated rings. The molecule has 0 aliphatic carbocycles. The summed E-state index contributed by atoms with van der Waals surface area (Å²) in [6.07, 6.45) is 1.06. The van der Waals surface area contributed by atoms with Crippen molar-refractivity contribution in [3.8, 4) is 0 Å². The summed E-state index contributed by atoms with van der Waals surface area (Å²) in [6.45, 7) is 2.19. The third kappa shape index (κ3) is 1.38. The molecule has 0 saturated carbocycles. The highest BCUT2D eigenvalue weighted by Crippen LogP contribution is 2.25. The molecule has 0 amide bonds. The summed E-state index contributed by atoms with van der Waals surface area (Å²) in [4.78, 5) is 0. The van der Waals surface area contributed by atoms with Gasteiger partial charge < -0.3 is 0 Å². The van der Waals surface area contributed by atoms with Gasteiger partial charge >= 0.3 is 0 Å². The zero-order chi connectivity index (χ0) is 11.0. The van der Waals surface area contributed by atoms with Crippen LogP contribution in [0.3, 0.4) is 0 Å². The van der Waals surface area contributed by atoms with E-state index in [1.165, 1.54) is 27.1 Å². The maximum Gasteiger partial charge on any atom is -0.0145 e. The molecule has 0 unspecified atom stereocenters. The highest BCUT2D eigenvalue weighted by atomic mass is 14.0. The molecule has 0 aliphatic rings. The van der Waals surface area contributed by atoms with Crippen molar-refractivity contribution in [2.75, 3.05) is 0 Å². The van der Waals surface area contributed by atoms with Crippen molar-refractivity contribution in [3.05, 3.63) is 60.2 Å². The van der Waals surface area contributed by atoms with Gasteiger partial charge in [-0.05, 0) is 57.8 Å². The molecule has 0 heteroatoms. The molecule has 0 N–H and O–H groups in total. The molecule has 1 radical (unpaired) electrons. The summed E-state index contributed by atoms with van der Waals surface area (Å²) >= 11 is 0. The number of benzene rings is 3. The first-order chi connectivity index (χ1) is 7.88. The Labute approximate surface area is 95.5 Å². The van der Waals surface area contributed by atoms with Gasteiger partial charge in [0, 0.05) is 0 Å². The zero-order valence-electron chi connectivity index (χ0n) is 9.33.